The van der Waals surface area contributed by atoms with Crippen molar-refractivity contribution in [2.45, 2.75) is 0 Å². The first kappa shape index (κ1) is 21.3. The zero-order valence-corrected chi connectivity index (χ0v) is 17.3. The zero-order valence-electron chi connectivity index (χ0n) is 17.3. The molecule has 2 aromatic heterocycles. The monoisotopic (exact) mass is 438 g/mol. The van der Waals surface area contributed by atoms with E-state index in [0.717, 1.165) is 11.1 Å². The van der Waals surface area contributed by atoms with Gasteiger partial charge in [0.25, 0.3) is 5.91 Å². The Morgan fingerprint density at radius 3 is 2.88 bits per heavy atom. The van der Waals surface area contributed by atoms with Crippen LogP contribution in [0.4, 0.5) is 5.69 Å². The number of ether oxygens (including phenoxy) is 1. The zero-order chi connectivity index (χ0) is 23.2. The highest BCUT2D eigenvalue weighted by Gasteiger charge is 2.13. The summed E-state index contributed by atoms with van der Waals surface area (Å²) in [6.07, 6.45) is 4.43. The van der Waals surface area contributed by atoms with Crippen LogP contribution in [0.15, 0.2) is 73.6 Å². The Kier molecular flexibility index (Phi) is 6.09. The molecule has 0 radical (unpaired) electrons. The molecule has 0 aliphatic carbocycles. The van der Waals surface area contributed by atoms with Crippen molar-refractivity contribution in [1.82, 2.24) is 20.3 Å². The van der Waals surface area contributed by atoms with E-state index in [1.165, 1.54) is 12.3 Å². The second kappa shape index (κ2) is 9.45. The topological polar surface area (TPSA) is 133 Å². The van der Waals surface area contributed by atoms with Crippen LogP contribution in [0.25, 0.3) is 22.3 Å². The Balaban J connectivity index is 1.62. The summed E-state index contributed by atoms with van der Waals surface area (Å²) in [4.78, 5) is 35.7. The van der Waals surface area contributed by atoms with Crippen LogP contribution >= 0.6 is 0 Å². The van der Waals surface area contributed by atoms with Gasteiger partial charge in [-0.15, -0.1) is 0 Å². The normalized spacial score (nSPS) is 10.3. The molecule has 162 valence electrons. The lowest BCUT2D eigenvalue weighted by atomic mass is 10.0. The van der Waals surface area contributed by atoms with Crippen LogP contribution in [-0.4, -0.2) is 33.3 Å². The number of benzene rings is 2. The van der Waals surface area contributed by atoms with Gasteiger partial charge >= 0.3 is 0 Å². The maximum atomic E-state index is 12.2. The van der Waals surface area contributed by atoms with Crippen LogP contribution in [0.2, 0.25) is 0 Å². The number of nitriles is 1. The van der Waals surface area contributed by atoms with Gasteiger partial charge in [-0.05, 0) is 35.9 Å². The number of anilines is 1. The van der Waals surface area contributed by atoms with Gasteiger partial charge in [0, 0.05) is 29.1 Å². The molecular weight excluding hydrogens is 420 g/mol. The van der Waals surface area contributed by atoms with Crippen LogP contribution in [0.3, 0.4) is 0 Å². The highest BCUT2D eigenvalue weighted by atomic mass is 16.5. The standard InChI is InChI=1S/C24H18N6O3/c1-2-20(31)29-17-7-4-8-18(12-17)33-21-14-28-23-22(30-21)19(13-27-23)15-5-3-6-16(11-15)24(32)26-10-9-25/h2-8,11-14H,1,10H2,(H,26,32)(H,27,28)(H,29,31). The summed E-state index contributed by atoms with van der Waals surface area (Å²) in [7, 11) is 0. The molecule has 0 unspecified atom stereocenters. The number of nitrogens with one attached hydrogen (secondary N) is 3. The predicted molar refractivity (Wildman–Crippen MR) is 123 cm³/mol. The fourth-order valence-corrected chi connectivity index (χ4v) is 3.15. The molecule has 4 aromatic rings. The first-order chi connectivity index (χ1) is 16.1. The SMILES string of the molecule is C=CC(=O)Nc1cccc(Oc2cnc3[nH]cc(-c4cccc(C(=O)NCC#N)c4)c3n2)c1. The maximum absolute atomic E-state index is 12.2. The molecule has 0 saturated heterocycles. The van der Waals surface area contributed by atoms with E-state index >= 15 is 0 Å². The second-order valence-electron chi connectivity index (χ2n) is 6.85. The summed E-state index contributed by atoms with van der Waals surface area (Å²) in [6.45, 7) is 3.36. The number of rotatable bonds is 7. The molecule has 0 bridgehead atoms. The number of amides is 2. The molecule has 3 N–H and O–H groups in total. The van der Waals surface area contributed by atoms with E-state index in [4.69, 9.17) is 10.00 Å². The Morgan fingerprint density at radius 1 is 1.21 bits per heavy atom. The van der Waals surface area contributed by atoms with Gasteiger partial charge in [-0.25, -0.2) is 9.97 Å². The Hall–Kier alpha value is -4.97. The average molecular weight is 438 g/mol. The van der Waals surface area contributed by atoms with Crippen molar-refractivity contribution < 1.29 is 14.3 Å². The summed E-state index contributed by atoms with van der Waals surface area (Å²) in [5, 5.41) is 13.9. The van der Waals surface area contributed by atoms with Crippen LogP contribution < -0.4 is 15.4 Å². The number of hydrogen-bond acceptors (Lipinski definition) is 6. The van der Waals surface area contributed by atoms with Crippen molar-refractivity contribution in [1.29, 1.82) is 5.26 Å². The minimum atomic E-state index is -0.336. The molecule has 2 heterocycles. The first-order valence-electron chi connectivity index (χ1n) is 9.88. The number of carbonyl (C=O) groups excluding carboxylic acids is 2. The molecule has 9 nitrogen and oxygen atoms in total. The molecule has 0 saturated carbocycles. The lowest BCUT2D eigenvalue weighted by Gasteiger charge is -2.08. The largest absolute Gasteiger partial charge is 0.437 e. The van der Waals surface area contributed by atoms with Gasteiger partial charge in [-0.2, -0.15) is 5.26 Å². The summed E-state index contributed by atoms with van der Waals surface area (Å²) in [6, 6.07) is 15.7. The molecule has 2 aromatic carbocycles. The molecule has 2 amide bonds. The van der Waals surface area contributed by atoms with E-state index in [-0.39, 0.29) is 24.2 Å². The summed E-state index contributed by atoms with van der Waals surface area (Å²) < 4.78 is 5.85. The maximum Gasteiger partial charge on any atom is 0.252 e. The van der Waals surface area contributed by atoms with E-state index in [9.17, 15) is 9.59 Å². The van der Waals surface area contributed by atoms with E-state index in [0.29, 0.717) is 28.2 Å². The molecule has 0 aliphatic rings. The number of H-pyrrole nitrogens is 1. The third-order valence-electron chi connectivity index (χ3n) is 4.63. The number of aromatic nitrogens is 3. The average Bonchev–Trinajstić information content (AvgIpc) is 3.26. The van der Waals surface area contributed by atoms with Gasteiger partial charge < -0.3 is 20.4 Å². The van der Waals surface area contributed by atoms with Gasteiger partial charge in [-0.1, -0.05) is 24.8 Å². The van der Waals surface area contributed by atoms with Crippen molar-refractivity contribution >= 4 is 28.7 Å². The van der Waals surface area contributed by atoms with E-state index in [1.54, 1.807) is 48.7 Å². The predicted octanol–water partition coefficient (Wildman–Crippen LogP) is 3.80. The fourth-order valence-electron chi connectivity index (χ4n) is 3.15. The molecule has 33 heavy (non-hydrogen) atoms. The Bertz CT molecular complexity index is 1400. The van der Waals surface area contributed by atoms with E-state index < -0.39 is 0 Å². The van der Waals surface area contributed by atoms with Gasteiger partial charge in [0.2, 0.25) is 11.8 Å². The summed E-state index contributed by atoms with van der Waals surface area (Å²) in [5.74, 6) is 0.0721. The highest BCUT2D eigenvalue weighted by Crippen LogP contribution is 2.30. The third-order valence-corrected chi connectivity index (χ3v) is 4.63. The number of fused-ring (bicyclic) bond motifs is 1. The third kappa shape index (κ3) is 4.86. The molecular formula is C24H18N6O3. The molecule has 0 aliphatic heterocycles. The quantitative estimate of drug-likeness (QED) is 0.297. The minimum Gasteiger partial charge on any atom is -0.437 e. The number of nitrogens with zero attached hydrogens (tertiary/aromatic N) is 3. The van der Waals surface area contributed by atoms with Gasteiger partial charge in [-0.3, -0.25) is 9.59 Å². The van der Waals surface area contributed by atoms with Gasteiger partial charge in [0.1, 0.15) is 17.8 Å². The number of carbonyl (C=O) groups is 2. The van der Waals surface area contributed by atoms with Crippen LogP contribution in [0.5, 0.6) is 11.6 Å². The Labute approximate surface area is 188 Å². The Morgan fingerprint density at radius 2 is 2.06 bits per heavy atom. The van der Waals surface area contributed by atoms with Crippen molar-refractivity contribution in [3.63, 3.8) is 0 Å². The molecule has 4 rings (SSSR count). The van der Waals surface area contributed by atoms with E-state index in [2.05, 4.69) is 32.2 Å². The number of aromatic amines is 1. The molecule has 9 heteroatoms. The smallest absolute Gasteiger partial charge is 0.252 e. The van der Waals surface area contributed by atoms with Gasteiger partial charge in [0.05, 0.1) is 12.3 Å². The lowest BCUT2D eigenvalue weighted by molar-refractivity contribution is -0.111. The van der Waals surface area contributed by atoms with Crippen molar-refractivity contribution in [3.05, 3.63) is 79.1 Å². The molecule has 0 spiro atoms. The second-order valence-corrected chi connectivity index (χ2v) is 6.85. The van der Waals surface area contributed by atoms with Gasteiger partial charge in [0.15, 0.2) is 5.65 Å². The first-order valence-corrected chi connectivity index (χ1v) is 9.88. The number of hydrogen-bond donors (Lipinski definition) is 3. The van der Waals surface area contributed by atoms with E-state index in [1.807, 2.05) is 12.1 Å². The minimum absolute atomic E-state index is 0.0687. The van der Waals surface area contributed by atoms with Crippen LogP contribution in [0.1, 0.15) is 10.4 Å². The molecule has 0 atom stereocenters. The van der Waals surface area contributed by atoms with Crippen LogP contribution in [-0.2, 0) is 4.79 Å². The lowest BCUT2D eigenvalue weighted by Crippen LogP contribution is -2.23. The highest BCUT2D eigenvalue weighted by molar-refractivity contribution is 5.99. The van der Waals surface area contributed by atoms with Crippen molar-refractivity contribution in [2.75, 3.05) is 11.9 Å². The summed E-state index contributed by atoms with van der Waals surface area (Å²) in [5.41, 5.74) is 3.61. The molecule has 0 fully saturated rings. The van der Waals surface area contributed by atoms with Crippen LogP contribution in [0, 0.1) is 11.3 Å². The summed E-state index contributed by atoms with van der Waals surface area (Å²) >= 11 is 0. The fraction of sp³-hybridized carbons (Fsp3) is 0.0417. The van der Waals surface area contributed by atoms with Crippen molar-refractivity contribution in [3.8, 4) is 28.8 Å². The van der Waals surface area contributed by atoms with Crippen molar-refractivity contribution in [2.24, 2.45) is 0 Å².